The fourth-order valence-corrected chi connectivity index (χ4v) is 5.75. The predicted octanol–water partition coefficient (Wildman–Crippen LogP) is 12.8. The van der Waals surface area contributed by atoms with Crippen LogP contribution in [0.4, 0.5) is 0 Å². The first-order valence-corrected chi connectivity index (χ1v) is 20.5. The fourth-order valence-electron chi connectivity index (χ4n) is 5.75. The van der Waals surface area contributed by atoms with E-state index in [0.717, 1.165) is 44.9 Å². The maximum atomic E-state index is 12.2. The van der Waals surface area contributed by atoms with E-state index in [2.05, 4.69) is 50.3 Å². The number of carbonyl (C=O) groups excluding carboxylic acids is 2. The maximum absolute atomic E-state index is 12.2. The van der Waals surface area contributed by atoms with Crippen LogP contribution in [-0.4, -0.2) is 36.4 Å². The molecule has 0 heterocycles. The fraction of sp³-hybridized carbons (Fsp3) is 0.814. The van der Waals surface area contributed by atoms with Gasteiger partial charge in [-0.05, 0) is 70.6 Å². The first-order valence-electron chi connectivity index (χ1n) is 20.5. The van der Waals surface area contributed by atoms with Crippen LogP contribution in [0.2, 0.25) is 0 Å². The Morgan fingerprint density at radius 1 is 0.479 bits per heavy atom. The normalized spacial score (nSPS) is 12.5. The first kappa shape index (κ1) is 46.1. The third-order valence-corrected chi connectivity index (χ3v) is 8.91. The average molecular weight is 675 g/mol. The molecule has 0 spiro atoms. The summed E-state index contributed by atoms with van der Waals surface area (Å²) in [5.41, 5.74) is 0. The van der Waals surface area contributed by atoms with E-state index in [0.29, 0.717) is 12.8 Å². The van der Waals surface area contributed by atoms with Gasteiger partial charge < -0.3 is 14.6 Å². The van der Waals surface area contributed by atoms with Gasteiger partial charge in [-0.25, -0.2) is 0 Å². The Labute approximate surface area is 297 Å². The summed E-state index contributed by atoms with van der Waals surface area (Å²) in [6.07, 6.45) is 47.7. The monoisotopic (exact) mass is 675 g/mol. The van der Waals surface area contributed by atoms with Gasteiger partial charge in [0.05, 0.1) is 6.61 Å². The van der Waals surface area contributed by atoms with Gasteiger partial charge in [-0.3, -0.25) is 9.59 Å². The summed E-state index contributed by atoms with van der Waals surface area (Å²) in [5.74, 6) is -0.597. The lowest BCUT2D eigenvalue weighted by molar-refractivity contribution is -0.161. The molecule has 48 heavy (non-hydrogen) atoms. The molecule has 0 aromatic heterocycles. The summed E-state index contributed by atoms with van der Waals surface area (Å²) in [4.78, 5) is 24.3. The average Bonchev–Trinajstić information content (AvgIpc) is 3.09. The summed E-state index contributed by atoms with van der Waals surface area (Å²) in [7, 11) is 0. The molecule has 5 heteroatoms. The molecular formula is C43H78O5. The molecule has 0 aliphatic rings. The van der Waals surface area contributed by atoms with Gasteiger partial charge in [0.25, 0.3) is 0 Å². The smallest absolute Gasteiger partial charge is 0.306 e. The van der Waals surface area contributed by atoms with Crippen molar-refractivity contribution < 1.29 is 24.2 Å². The van der Waals surface area contributed by atoms with E-state index < -0.39 is 6.10 Å². The van der Waals surface area contributed by atoms with Gasteiger partial charge in [-0.15, -0.1) is 0 Å². The molecule has 0 saturated heterocycles. The second kappa shape index (κ2) is 39.6. The zero-order chi connectivity index (χ0) is 35.0. The van der Waals surface area contributed by atoms with Crippen LogP contribution in [0.3, 0.4) is 0 Å². The topological polar surface area (TPSA) is 72.8 Å². The number of ether oxygens (including phenoxy) is 2. The first-order chi connectivity index (χ1) is 23.6. The molecular weight excluding hydrogens is 596 g/mol. The van der Waals surface area contributed by atoms with Gasteiger partial charge in [0.15, 0.2) is 6.10 Å². The van der Waals surface area contributed by atoms with Crippen LogP contribution in [-0.2, 0) is 19.1 Å². The molecule has 0 unspecified atom stereocenters. The molecule has 280 valence electrons. The van der Waals surface area contributed by atoms with Gasteiger partial charge in [-0.2, -0.15) is 0 Å². The molecule has 1 N–H and O–H groups in total. The van der Waals surface area contributed by atoms with Gasteiger partial charge in [0.1, 0.15) is 6.61 Å². The van der Waals surface area contributed by atoms with Crippen LogP contribution < -0.4 is 0 Å². The van der Waals surface area contributed by atoms with Crippen molar-refractivity contribution in [1.82, 2.24) is 0 Å². The molecule has 0 amide bonds. The highest BCUT2D eigenvalue weighted by Gasteiger charge is 2.16. The number of unbranched alkanes of at least 4 members (excludes halogenated alkanes) is 23. The van der Waals surface area contributed by atoms with Gasteiger partial charge >= 0.3 is 11.9 Å². The summed E-state index contributed by atoms with van der Waals surface area (Å²) in [6.45, 7) is 4.10. The van der Waals surface area contributed by atoms with Crippen molar-refractivity contribution in [3.63, 3.8) is 0 Å². The highest BCUT2D eigenvalue weighted by atomic mass is 16.6. The number of aliphatic hydroxyl groups excluding tert-OH is 1. The molecule has 0 rings (SSSR count). The summed E-state index contributed by atoms with van der Waals surface area (Å²) in [5, 5.41) is 9.56. The van der Waals surface area contributed by atoms with Crippen molar-refractivity contribution in [2.45, 2.75) is 213 Å². The lowest BCUT2D eigenvalue weighted by atomic mass is 10.1. The number of carbonyl (C=O) groups is 2. The van der Waals surface area contributed by atoms with Crippen molar-refractivity contribution in [2.24, 2.45) is 0 Å². The van der Waals surface area contributed by atoms with Crippen molar-refractivity contribution >= 4 is 11.9 Å². The third kappa shape index (κ3) is 36.9. The van der Waals surface area contributed by atoms with E-state index >= 15 is 0 Å². The standard InChI is InChI=1S/C43H78O5/c1-3-5-7-9-11-13-15-17-19-20-21-22-24-25-27-29-31-33-35-37-42(45)47-40-41(39-44)48-43(46)38-36-34-32-30-28-26-23-18-16-14-12-10-8-6-4-2/h11,13-14,16-17,19,41,44H,3-10,12,15,18,20-40H2,1-2H3/b13-11-,16-14-,19-17-/t41-/m0/s1. The summed E-state index contributed by atoms with van der Waals surface area (Å²) < 4.78 is 10.6. The van der Waals surface area contributed by atoms with Crippen molar-refractivity contribution in [2.75, 3.05) is 13.2 Å². The Bertz CT molecular complexity index is 771. The molecule has 0 aromatic carbocycles. The zero-order valence-electron chi connectivity index (χ0n) is 31.7. The highest BCUT2D eigenvalue weighted by Crippen LogP contribution is 2.14. The highest BCUT2D eigenvalue weighted by molar-refractivity contribution is 5.70. The molecule has 5 nitrogen and oxygen atoms in total. The van der Waals surface area contributed by atoms with Crippen molar-refractivity contribution in [1.29, 1.82) is 0 Å². The number of allylic oxidation sites excluding steroid dienone is 6. The molecule has 0 saturated carbocycles. The Hall–Kier alpha value is -1.88. The minimum atomic E-state index is -0.773. The van der Waals surface area contributed by atoms with E-state index in [1.807, 2.05) is 0 Å². The second-order valence-corrected chi connectivity index (χ2v) is 13.7. The number of esters is 2. The quantitative estimate of drug-likeness (QED) is 0.0403. The van der Waals surface area contributed by atoms with E-state index in [9.17, 15) is 14.7 Å². The Morgan fingerprint density at radius 3 is 1.29 bits per heavy atom. The van der Waals surface area contributed by atoms with Crippen LogP contribution in [0, 0.1) is 0 Å². The van der Waals surface area contributed by atoms with Crippen LogP contribution in [0.5, 0.6) is 0 Å². The third-order valence-electron chi connectivity index (χ3n) is 8.91. The SMILES string of the molecule is CCCCC/C=C\C/C=C\CCCCCCCCCCCC(=O)OC[C@H](CO)OC(=O)CCCCCCCCC/C=C\CCCCCC. The van der Waals surface area contributed by atoms with Crippen molar-refractivity contribution in [3.05, 3.63) is 36.5 Å². The van der Waals surface area contributed by atoms with E-state index in [1.165, 1.54) is 135 Å². The van der Waals surface area contributed by atoms with Gasteiger partial charge in [0, 0.05) is 12.8 Å². The lowest BCUT2D eigenvalue weighted by Crippen LogP contribution is -2.28. The number of hydrogen-bond donors (Lipinski definition) is 1. The van der Waals surface area contributed by atoms with Crippen molar-refractivity contribution in [3.8, 4) is 0 Å². The van der Waals surface area contributed by atoms with Gasteiger partial charge in [-0.1, -0.05) is 159 Å². The Kier molecular flexibility index (Phi) is 38.0. The number of hydrogen-bond acceptors (Lipinski definition) is 5. The van der Waals surface area contributed by atoms with Crippen LogP contribution in [0.25, 0.3) is 0 Å². The molecule has 0 radical (unpaired) electrons. The summed E-state index contributed by atoms with van der Waals surface area (Å²) in [6, 6.07) is 0. The minimum Gasteiger partial charge on any atom is -0.462 e. The number of aliphatic hydroxyl groups is 1. The molecule has 0 aliphatic heterocycles. The molecule has 0 bridgehead atoms. The molecule has 0 aliphatic carbocycles. The minimum absolute atomic E-state index is 0.0684. The lowest BCUT2D eigenvalue weighted by Gasteiger charge is -2.15. The Balaban J connectivity index is 3.54. The van der Waals surface area contributed by atoms with Crippen LogP contribution in [0.1, 0.15) is 206 Å². The van der Waals surface area contributed by atoms with Gasteiger partial charge in [0.2, 0.25) is 0 Å². The van der Waals surface area contributed by atoms with E-state index in [4.69, 9.17) is 9.47 Å². The molecule has 0 aromatic rings. The second-order valence-electron chi connectivity index (χ2n) is 13.7. The zero-order valence-corrected chi connectivity index (χ0v) is 31.7. The van der Waals surface area contributed by atoms with Crippen LogP contribution >= 0.6 is 0 Å². The molecule has 0 fully saturated rings. The van der Waals surface area contributed by atoms with E-state index in [1.54, 1.807) is 0 Å². The number of rotatable bonds is 37. The maximum Gasteiger partial charge on any atom is 0.306 e. The largest absolute Gasteiger partial charge is 0.462 e. The van der Waals surface area contributed by atoms with E-state index in [-0.39, 0.29) is 25.2 Å². The Morgan fingerprint density at radius 2 is 0.833 bits per heavy atom. The predicted molar refractivity (Wildman–Crippen MR) is 205 cm³/mol. The summed E-state index contributed by atoms with van der Waals surface area (Å²) >= 11 is 0. The van der Waals surface area contributed by atoms with Crippen LogP contribution in [0.15, 0.2) is 36.5 Å². The molecule has 1 atom stereocenters.